The highest BCUT2D eigenvalue weighted by Gasteiger charge is 2.31. The lowest BCUT2D eigenvalue weighted by atomic mass is 10.2. The smallest absolute Gasteiger partial charge is 0.243 e. The van der Waals surface area contributed by atoms with Gasteiger partial charge in [-0.05, 0) is 25.5 Å². The Bertz CT molecular complexity index is 505. The molecule has 1 heterocycles. The van der Waals surface area contributed by atoms with Crippen LogP contribution in [0.2, 0.25) is 0 Å². The van der Waals surface area contributed by atoms with Crippen molar-refractivity contribution < 1.29 is 8.42 Å². The second kappa shape index (κ2) is 6.02. The zero-order chi connectivity index (χ0) is 12.5. The first-order valence-corrected chi connectivity index (χ1v) is 7.25. The normalized spacial score (nSPS) is 21.3. The molecule has 1 aliphatic heterocycles. The summed E-state index contributed by atoms with van der Waals surface area (Å²) in [5, 5.41) is 3.20. The summed E-state index contributed by atoms with van der Waals surface area (Å²) < 4.78 is 26.6. The van der Waals surface area contributed by atoms with Crippen LogP contribution in [-0.2, 0) is 10.0 Å². The maximum atomic E-state index is 12.5. The fraction of sp³-hybridized carbons (Fsp3) is 0.500. The van der Waals surface area contributed by atoms with Crippen LogP contribution in [0.3, 0.4) is 0 Å². The number of piperazine rings is 1. The molecule has 1 unspecified atom stereocenters. The molecule has 102 valence electrons. The maximum Gasteiger partial charge on any atom is 0.243 e. The quantitative estimate of drug-likeness (QED) is 0.896. The van der Waals surface area contributed by atoms with Gasteiger partial charge in [0.05, 0.1) is 4.90 Å². The van der Waals surface area contributed by atoms with E-state index in [4.69, 9.17) is 0 Å². The number of hydrogen-bond acceptors (Lipinski definition) is 3. The predicted octanol–water partition coefficient (Wildman–Crippen LogP) is 1.40. The summed E-state index contributed by atoms with van der Waals surface area (Å²) in [6.07, 6.45) is 0. The fourth-order valence-electron chi connectivity index (χ4n) is 2.15. The third kappa shape index (κ3) is 2.85. The van der Waals surface area contributed by atoms with Crippen molar-refractivity contribution in [1.29, 1.82) is 0 Å². The lowest BCUT2D eigenvalue weighted by Gasteiger charge is -2.33. The van der Waals surface area contributed by atoms with Gasteiger partial charge in [0.2, 0.25) is 10.0 Å². The number of benzene rings is 1. The maximum absolute atomic E-state index is 12.5. The molecule has 0 radical (unpaired) electrons. The van der Waals surface area contributed by atoms with Crippen molar-refractivity contribution in [1.82, 2.24) is 9.62 Å². The van der Waals surface area contributed by atoms with Crippen molar-refractivity contribution in [2.45, 2.75) is 24.8 Å². The van der Waals surface area contributed by atoms with Gasteiger partial charge in [-0.15, -0.1) is 12.4 Å². The van der Waals surface area contributed by atoms with Gasteiger partial charge in [0.25, 0.3) is 0 Å². The Balaban J connectivity index is 0.00000162. The third-order valence-electron chi connectivity index (χ3n) is 3.12. The van der Waals surface area contributed by atoms with Crippen molar-refractivity contribution in [2.75, 3.05) is 19.6 Å². The van der Waals surface area contributed by atoms with E-state index in [1.54, 1.807) is 16.4 Å². The Hall–Kier alpha value is -0.620. The minimum absolute atomic E-state index is 0. The molecule has 0 aromatic heterocycles. The molecule has 18 heavy (non-hydrogen) atoms. The molecule has 0 bridgehead atoms. The Morgan fingerprint density at radius 3 is 2.61 bits per heavy atom. The van der Waals surface area contributed by atoms with Crippen molar-refractivity contribution in [2.24, 2.45) is 0 Å². The van der Waals surface area contributed by atoms with Crippen molar-refractivity contribution >= 4 is 22.4 Å². The Kier molecular flexibility index (Phi) is 5.16. The molecule has 6 heteroatoms. The van der Waals surface area contributed by atoms with E-state index in [1.807, 2.05) is 26.0 Å². The standard InChI is InChI=1S/C12H18N2O2S.ClH/c1-10-5-3-4-6-12(10)17(15,16)14-8-7-13-9-11(14)2;/h3-6,11,13H,7-9H2,1-2H3;1H. The Labute approximate surface area is 115 Å². The van der Waals surface area contributed by atoms with E-state index in [-0.39, 0.29) is 18.4 Å². The fourth-order valence-corrected chi connectivity index (χ4v) is 4.01. The van der Waals surface area contributed by atoms with Gasteiger partial charge in [0.1, 0.15) is 0 Å². The van der Waals surface area contributed by atoms with Gasteiger partial charge in [-0.1, -0.05) is 18.2 Å². The molecule has 1 aromatic carbocycles. The monoisotopic (exact) mass is 290 g/mol. The van der Waals surface area contributed by atoms with Gasteiger partial charge in [-0.2, -0.15) is 4.31 Å². The number of aryl methyl sites for hydroxylation is 1. The van der Waals surface area contributed by atoms with E-state index in [0.29, 0.717) is 18.0 Å². The zero-order valence-electron chi connectivity index (χ0n) is 10.6. The summed E-state index contributed by atoms with van der Waals surface area (Å²) in [4.78, 5) is 0.425. The summed E-state index contributed by atoms with van der Waals surface area (Å²) >= 11 is 0. The molecule has 4 nitrogen and oxygen atoms in total. The van der Waals surface area contributed by atoms with Gasteiger partial charge < -0.3 is 5.32 Å². The molecule has 1 N–H and O–H groups in total. The number of nitrogens with zero attached hydrogens (tertiary/aromatic N) is 1. The average molecular weight is 291 g/mol. The first-order valence-electron chi connectivity index (χ1n) is 5.81. The van der Waals surface area contributed by atoms with E-state index < -0.39 is 10.0 Å². The van der Waals surface area contributed by atoms with Crippen LogP contribution in [0.25, 0.3) is 0 Å². The predicted molar refractivity (Wildman–Crippen MR) is 74.7 cm³/mol. The highest BCUT2D eigenvalue weighted by Crippen LogP contribution is 2.21. The summed E-state index contributed by atoms with van der Waals surface area (Å²) in [6, 6.07) is 7.15. The van der Waals surface area contributed by atoms with Crippen LogP contribution in [0.15, 0.2) is 29.2 Å². The average Bonchev–Trinajstić information content (AvgIpc) is 2.29. The molecule has 1 aromatic rings. The van der Waals surface area contributed by atoms with Gasteiger partial charge >= 0.3 is 0 Å². The second-order valence-corrected chi connectivity index (χ2v) is 6.29. The van der Waals surface area contributed by atoms with Crippen molar-refractivity contribution in [3.63, 3.8) is 0 Å². The van der Waals surface area contributed by atoms with Crippen LogP contribution in [0.4, 0.5) is 0 Å². The third-order valence-corrected chi connectivity index (χ3v) is 5.29. The molecule has 1 aliphatic rings. The molecule has 0 saturated carbocycles. The summed E-state index contributed by atoms with van der Waals surface area (Å²) in [5.41, 5.74) is 0.804. The van der Waals surface area contributed by atoms with Gasteiger partial charge in [0.15, 0.2) is 0 Å². The van der Waals surface area contributed by atoms with Gasteiger partial charge in [-0.25, -0.2) is 8.42 Å². The first kappa shape index (κ1) is 15.4. The summed E-state index contributed by atoms with van der Waals surface area (Å²) in [6.45, 7) is 5.74. The molecule has 0 spiro atoms. The molecule has 2 rings (SSSR count). The van der Waals surface area contributed by atoms with E-state index in [1.165, 1.54) is 0 Å². The highest BCUT2D eigenvalue weighted by molar-refractivity contribution is 7.89. The van der Waals surface area contributed by atoms with Crippen LogP contribution in [0, 0.1) is 6.92 Å². The van der Waals surface area contributed by atoms with Crippen LogP contribution in [-0.4, -0.2) is 38.4 Å². The molecule has 1 fully saturated rings. The number of rotatable bonds is 2. The molecular formula is C12H19ClN2O2S. The van der Waals surface area contributed by atoms with Gasteiger partial charge in [0, 0.05) is 25.7 Å². The number of nitrogens with one attached hydrogen (secondary N) is 1. The molecule has 1 atom stereocenters. The van der Waals surface area contributed by atoms with Crippen molar-refractivity contribution in [3.8, 4) is 0 Å². The second-order valence-electron chi connectivity index (χ2n) is 4.43. The zero-order valence-corrected chi connectivity index (χ0v) is 12.2. The minimum atomic E-state index is -3.35. The van der Waals surface area contributed by atoms with E-state index in [2.05, 4.69) is 5.32 Å². The minimum Gasteiger partial charge on any atom is -0.314 e. The van der Waals surface area contributed by atoms with E-state index in [9.17, 15) is 8.42 Å². The molecular weight excluding hydrogens is 272 g/mol. The lowest BCUT2D eigenvalue weighted by Crippen LogP contribution is -2.52. The van der Waals surface area contributed by atoms with Crippen LogP contribution < -0.4 is 5.32 Å². The van der Waals surface area contributed by atoms with Gasteiger partial charge in [-0.3, -0.25) is 0 Å². The molecule has 1 saturated heterocycles. The highest BCUT2D eigenvalue weighted by atomic mass is 35.5. The summed E-state index contributed by atoms with van der Waals surface area (Å²) in [5.74, 6) is 0. The van der Waals surface area contributed by atoms with Crippen LogP contribution >= 0.6 is 12.4 Å². The van der Waals surface area contributed by atoms with E-state index >= 15 is 0 Å². The van der Waals surface area contributed by atoms with Crippen molar-refractivity contribution in [3.05, 3.63) is 29.8 Å². The summed E-state index contributed by atoms with van der Waals surface area (Å²) in [7, 11) is -3.35. The number of halogens is 1. The number of hydrogen-bond donors (Lipinski definition) is 1. The Morgan fingerprint density at radius 1 is 1.33 bits per heavy atom. The molecule has 0 aliphatic carbocycles. The first-order chi connectivity index (χ1) is 8.03. The van der Waals surface area contributed by atoms with Crippen LogP contribution in [0.5, 0.6) is 0 Å². The topological polar surface area (TPSA) is 49.4 Å². The Morgan fingerprint density at radius 2 is 2.00 bits per heavy atom. The molecule has 0 amide bonds. The SMILES string of the molecule is Cc1ccccc1S(=O)(=O)N1CCNCC1C.Cl. The van der Waals surface area contributed by atoms with E-state index in [0.717, 1.165) is 12.1 Å². The number of sulfonamides is 1. The van der Waals surface area contributed by atoms with Crippen LogP contribution in [0.1, 0.15) is 12.5 Å². The lowest BCUT2D eigenvalue weighted by molar-refractivity contribution is 0.283. The largest absolute Gasteiger partial charge is 0.314 e.